The summed E-state index contributed by atoms with van der Waals surface area (Å²) in [4.78, 5) is 10.2. The van der Waals surface area contributed by atoms with Gasteiger partial charge in [0.15, 0.2) is 0 Å². The van der Waals surface area contributed by atoms with Crippen LogP contribution in [0.4, 0.5) is 0 Å². The number of hydrogen-bond acceptors (Lipinski definition) is 4. The van der Waals surface area contributed by atoms with E-state index in [1.807, 2.05) is 0 Å². The normalized spacial score (nSPS) is 11.6. The maximum atomic E-state index is 10.2. The van der Waals surface area contributed by atoms with Gasteiger partial charge in [0.25, 0.3) is 0 Å². The van der Waals surface area contributed by atoms with E-state index in [9.17, 15) is 4.79 Å². The average molecular weight is 203 g/mol. The fourth-order valence-corrected chi connectivity index (χ4v) is 1.58. The second-order valence-electron chi connectivity index (χ2n) is 3.72. The molecule has 0 unspecified atom stereocenters. The third-order valence-corrected chi connectivity index (χ3v) is 2.43. The van der Waals surface area contributed by atoms with Crippen molar-refractivity contribution in [2.45, 2.75) is 44.1 Å². The van der Waals surface area contributed by atoms with E-state index >= 15 is 0 Å². The van der Waals surface area contributed by atoms with Crippen molar-refractivity contribution in [2.24, 2.45) is 5.73 Å². The highest BCUT2D eigenvalue weighted by molar-refractivity contribution is 5.49. The van der Waals surface area contributed by atoms with Crippen LogP contribution in [0.2, 0.25) is 0 Å². The highest BCUT2D eigenvalue weighted by atomic mass is 16.3. The second kappa shape index (κ2) is 7.91. The van der Waals surface area contributed by atoms with Gasteiger partial charge in [-0.25, -0.2) is 0 Å². The van der Waals surface area contributed by atoms with Crippen LogP contribution < -0.4 is 5.73 Å². The maximum Gasteiger partial charge on any atom is 0.120 e. The number of nitrogens with two attached hydrogens (primary N) is 1. The maximum absolute atomic E-state index is 10.2. The number of rotatable bonds is 9. The average Bonchev–Trinajstić information content (AvgIpc) is 2.21. The van der Waals surface area contributed by atoms with Crippen LogP contribution in [0.15, 0.2) is 0 Å². The first kappa shape index (κ1) is 13.5. The van der Waals surface area contributed by atoms with Gasteiger partial charge < -0.3 is 20.7 Å². The molecule has 0 saturated carbocycles. The molecule has 0 heterocycles. The summed E-state index contributed by atoms with van der Waals surface area (Å²) >= 11 is 0. The lowest BCUT2D eigenvalue weighted by Gasteiger charge is -2.28. The first-order chi connectivity index (χ1) is 6.68. The van der Waals surface area contributed by atoms with Crippen molar-refractivity contribution in [3.05, 3.63) is 0 Å². The summed E-state index contributed by atoms with van der Waals surface area (Å²) < 4.78 is 0. The molecule has 14 heavy (non-hydrogen) atoms. The van der Waals surface area contributed by atoms with Crippen LogP contribution in [-0.4, -0.2) is 35.3 Å². The van der Waals surface area contributed by atoms with Crippen LogP contribution in [0, 0.1) is 0 Å². The smallest absolute Gasteiger partial charge is 0.120 e. The van der Waals surface area contributed by atoms with Crippen molar-refractivity contribution in [3.63, 3.8) is 0 Å². The molecule has 4 heteroatoms. The largest absolute Gasteiger partial charge is 0.396 e. The summed E-state index contributed by atoms with van der Waals surface area (Å²) in [6.07, 6.45) is 4.67. The monoisotopic (exact) mass is 203 g/mol. The highest BCUT2D eigenvalue weighted by Gasteiger charge is 2.22. The molecule has 0 aliphatic carbocycles. The molecule has 84 valence electrons. The van der Waals surface area contributed by atoms with E-state index in [1.54, 1.807) is 0 Å². The van der Waals surface area contributed by atoms with Gasteiger partial charge in [0.2, 0.25) is 0 Å². The zero-order valence-electron chi connectivity index (χ0n) is 8.61. The predicted octanol–water partition coefficient (Wildman–Crippen LogP) is 0.208. The zero-order valence-corrected chi connectivity index (χ0v) is 8.61. The van der Waals surface area contributed by atoms with Gasteiger partial charge in [0.05, 0.1) is 0 Å². The van der Waals surface area contributed by atoms with Crippen molar-refractivity contribution in [2.75, 3.05) is 13.2 Å². The first-order valence-corrected chi connectivity index (χ1v) is 5.13. The molecule has 0 bridgehead atoms. The van der Waals surface area contributed by atoms with Crippen LogP contribution in [-0.2, 0) is 4.79 Å². The molecule has 0 amide bonds. The van der Waals surface area contributed by atoms with Gasteiger partial charge in [-0.1, -0.05) is 0 Å². The van der Waals surface area contributed by atoms with Gasteiger partial charge >= 0.3 is 0 Å². The quantitative estimate of drug-likeness (QED) is 0.468. The van der Waals surface area contributed by atoms with E-state index in [0.29, 0.717) is 38.5 Å². The van der Waals surface area contributed by atoms with Crippen LogP contribution in [0.3, 0.4) is 0 Å². The molecule has 0 aliphatic heterocycles. The molecular formula is C10H21NO3. The number of aliphatic hydroxyl groups is 2. The SMILES string of the molecule is NC(CCC=O)(CCCO)CCCO. The minimum Gasteiger partial charge on any atom is -0.396 e. The molecule has 0 spiro atoms. The Hall–Kier alpha value is -0.450. The summed E-state index contributed by atoms with van der Waals surface area (Å²) in [6.45, 7) is 0.248. The van der Waals surface area contributed by atoms with Gasteiger partial charge in [0.1, 0.15) is 6.29 Å². The molecule has 0 aromatic heterocycles. The molecule has 4 nitrogen and oxygen atoms in total. The Labute approximate surface area is 85.1 Å². The Morgan fingerprint density at radius 2 is 1.57 bits per heavy atom. The third kappa shape index (κ3) is 6.07. The Kier molecular flexibility index (Phi) is 7.65. The number of carbonyl (C=O) groups is 1. The Bertz CT molecular complexity index is 142. The predicted molar refractivity (Wildman–Crippen MR) is 54.9 cm³/mol. The standard InChI is InChI=1S/C10H21NO3/c11-10(4-1-7-12,5-2-8-13)6-3-9-14/h7,13-14H,1-6,8-9,11H2. The van der Waals surface area contributed by atoms with Crippen molar-refractivity contribution >= 4 is 6.29 Å². The minimum absolute atomic E-state index is 0.124. The highest BCUT2D eigenvalue weighted by Crippen LogP contribution is 2.21. The van der Waals surface area contributed by atoms with Gasteiger partial charge in [-0.2, -0.15) is 0 Å². The van der Waals surface area contributed by atoms with E-state index in [0.717, 1.165) is 6.29 Å². The fraction of sp³-hybridized carbons (Fsp3) is 0.900. The third-order valence-electron chi connectivity index (χ3n) is 2.43. The van der Waals surface area contributed by atoms with Crippen LogP contribution in [0.1, 0.15) is 38.5 Å². The lowest BCUT2D eigenvalue weighted by Crippen LogP contribution is -2.40. The molecule has 0 fully saturated rings. The van der Waals surface area contributed by atoms with Gasteiger partial charge in [-0.05, 0) is 32.1 Å². The number of hydrogen-bond donors (Lipinski definition) is 3. The van der Waals surface area contributed by atoms with Crippen molar-refractivity contribution in [1.82, 2.24) is 0 Å². The summed E-state index contributed by atoms with van der Waals surface area (Å²) in [5, 5.41) is 17.4. The van der Waals surface area contributed by atoms with E-state index in [2.05, 4.69) is 0 Å². The fourth-order valence-electron chi connectivity index (χ4n) is 1.58. The van der Waals surface area contributed by atoms with E-state index < -0.39 is 5.54 Å². The van der Waals surface area contributed by atoms with Crippen LogP contribution in [0.25, 0.3) is 0 Å². The lowest BCUT2D eigenvalue weighted by molar-refractivity contribution is -0.108. The Morgan fingerprint density at radius 1 is 1.07 bits per heavy atom. The van der Waals surface area contributed by atoms with E-state index in [-0.39, 0.29) is 13.2 Å². The summed E-state index contributed by atoms with van der Waals surface area (Å²) in [7, 11) is 0. The number of carbonyl (C=O) groups excluding carboxylic acids is 1. The van der Waals surface area contributed by atoms with Crippen molar-refractivity contribution < 1.29 is 15.0 Å². The van der Waals surface area contributed by atoms with E-state index in [4.69, 9.17) is 15.9 Å². The molecule has 0 rings (SSSR count). The first-order valence-electron chi connectivity index (χ1n) is 5.13. The molecule has 0 aliphatic rings. The van der Waals surface area contributed by atoms with Gasteiger partial charge in [0, 0.05) is 25.2 Å². The molecule has 0 aromatic rings. The van der Waals surface area contributed by atoms with Gasteiger partial charge in [-0.3, -0.25) is 0 Å². The van der Waals surface area contributed by atoms with Gasteiger partial charge in [-0.15, -0.1) is 0 Å². The summed E-state index contributed by atoms with van der Waals surface area (Å²) in [5.41, 5.74) is 5.68. The molecule has 0 aromatic carbocycles. The second-order valence-corrected chi connectivity index (χ2v) is 3.72. The van der Waals surface area contributed by atoms with Crippen LogP contribution in [0.5, 0.6) is 0 Å². The lowest BCUT2D eigenvalue weighted by atomic mass is 9.85. The topological polar surface area (TPSA) is 83.6 Å². The summed E-state index contributed by atoms with van der Waals surface area (Å²) in [5.74, 6) is 0. The molecule has 0 atom stereocenters. The number of aldehydes is 1. The van der Waals surface area contributed by atoms with Crippen LogP contribution >= 0.6 is 0 Å². The molecular weight excluding hydrogens is 182 g/mol. The number of aliphatic hydroxyl groups excluding tert-OH is 2. The Morgan fingerprint density at radius 3 is 1.93 bits per heavy atom. The minimum atomic E-state index is -0.396. The Balaban J connectivity index is 3.95. The molecule has 0 saturated heterocycles. The zero-order chi connectivity index (χ0) is 10.9. The summed E-state index contributed by atoms with van der Waals surface area (Å²) in [6, 6.07) is 0. The van der Waals surface area contributed by atoms with E-state index in [1.165, 1.54) is 0 Å². The van der Waals surface area contributed by atoms with Crippen molar-refractivity contribution in [1.29, 1.82) is 0 Å². The molecule has 0 radical (unpaired) electrons. The van der Waals surface area contributed by atoms with Crippen molar-refractivity contribution in [3.8, 4) is 0 Å². The molecule has 4 N–H and O–H groups in total.